The highest BCUT2D eigenvalue weighted by Crippen LogP contribution is 2.37. The summed E-state index contributed by atoms with van der Waals surface area (Å²) >= 11 is 18.5. The number of rotatable bonds is 2. The van der Waals surface area contributed by atoms with Crippen molar-refractivity contribution in [1.82, 2.24) is 0 Å². The van der Waals surface area contributed by atoms with Crippen molar-refractivity contribution in [2.75, 3.05) is 0 Å². The van der Waals surface area contributed by atoms with Gasteiger partial charge in [0.2, 0.25) is 0 Å². The smallest absolute Gasteiger partial charge is 0.0963 e. The van der Waals surface area contributed by atoms with E-state index < -0.39 is 0 Å². The Bertz CT molecular complexity index is 274. The molecule has 0 radical (unpaired) electrons. The quantitative estimate of drug-likeness (QED) is 0.678. The largest absolute Gasteiger partial charge is 0.122 e. The van der Waals surface area contributed by atoms with E-state index in [9.17, 15) is 0 Å². The maximum absolute atomic E-state index is 5.98. The zero-order chi connectivity index (χ0) is 9.14. The lowest BCUT2D eigenvalue weighted by molar-refractivity contribution is 1.28. The van der Waals surface area contributed by atoms with Gasteiger partial charge in [-0.3, -0.25) is 0 Å². The van der Waals surface area contributed by atoms with Gasteiger partial charge in [-0.15, -0.1) is 11.6 Å². The Morgan fingerprint density at radius 3 is 2.42 bits per heavy atom. The second kappa shape index (κ2) is 4.85. The molecular formula is C8H6Br2Cl2. The van der Waals surface area contributed by atoms with Crippen molar-refractivity contribution in [2.45, 2.75) is 9.62 Å². The fourth-order valence-corrected chi connectivity index (χ4v) is 2.82. The maximum Gasteiger partial charge on any atom is 0.0963 e. The van der Waals surface area contributed by atoms with Crippen LogP contribution in [0.1, 0.15) is 14.9 Å². The predicted molar refractivity (Wildman–Crippen MR) is 61.6 cm³/mol. The van der Waals surface area contributed by atoms with Crippen LogP contribution in [0.5, 0.6) is 0 Å². The molecule has 0 N–H and O–H groups in total. The van der Waals surface area contributed by atoms with E-state index in [0.29, 0.717) is 5.88 Å². The fraction of sp³-hybridized carbons (Fsp3) is 0.250. The Morgan fingerprint density at radius 2 is 2.00 bits per heavy atom. The molecule has 1 rings (SSSR count). The van der Waals surface area contributed by atoms with Gasteiger partial charge in [0.05, 0.1) is 3.74 Å². The lowest BCUT2D eigenvalue weighted by Gasteiger charge is -2.09. The van der Waals surface area contributed by atoms with Gasteiger partial charge in [0, 0.05) is 10.9 Å². The van der Waals surface area contributed by atoms with E-state index in [1.807, 2.05) is 18.2 Å². The van der Waals surface area contributed by atoms with E-state index in [1.54, 1.807) is 0 Å². The molecule has 0 fully saturated rings. The van der Waals surface area contributed by atoms with Crippen molar-refractivity contribution < 1.29 is 0 Å². The molecule has 0 amide bonds. The number of halogens is 4. The van der Waals surface area contributed by atoms with Crippen molar-refractivity contribution in [2.24, 2.45) is 0 Å². The van der Waals surface area contributed by atoms with Crippen molar-refractivity contribution in [1.29, 1.82) is 0 Å². The molecule has 66 valence electrons. The molecule has 0 nitrogen and oxygen atoms in total. The van der Waals surface area contributed by atoms with Crippen LogP contribution in [0.3, 0.4) is 0 Å². The van der Waals surface area contributed by atoms with Gasteiger partial charge < -0.3 is 0 Å². The minimum absolute atomic E-state index is 0.0625. The number of alkyl halides is 3. The van der Waals surface area contributed by atoms with Crippen LogP contribution in [0, 0.1) is 0 Å². The molecule has 0 atom stereocenters. The van der Waals surface area contributed by atoms with Crippen molar-refractivity contribution in [3.8, 4) is 0 Å². The number of benzene rings is 1. The van der Waals surface area contributed by atoms with Gasteiger partial charge in [0.15, 0.2) is 0 Å². The molecule has 0 unspecified atom stereocenters. The summed E-state index contributed by atoms with van der Waals surface area (Å²) in [6, 6.07) is 5.71. The summed E-state index contributed by atoms with van der Waals surface area (Å²) in [6.45, 7) is 0. The highest BCUT2D eigenvalue weighted by molar-refractivity contribution is 9.24. The van der Waals surface area contributed by atoms with Gasteiger partial charge in [0.25, 0.3) is 0 Å². The lowest BCUT2D eigenvalue weighted by atomic mass is 10.1. The molecule has 0 aromatic heterocycles. The van der Waals surface area contributed by atoms with Crippen LogP contribution in [-0.4, -0.2) is 0 Å². The van der Waals surface area contributed by atoms with Gasteiger partial charge in [-0.05, 0) is 17.2 Å². The van der Waals surface area contributed by atoms with Crippen LogP contribution in [0.25, 0.3) is 0 Å². The summed E-state index contributed by atoms with van der Waals surface area (Å²) in [7, 11) is 0. The second-order valence-electron chi connectivity index (χ2n) is 2.25. The molecule has 0 saturated carbocycles. The first-order chi connectivity index (χ1) is 5.66. The first-order valence-corrected chi connectivity index (χ1v) is 6.02. The zero-order valence-corrected chi connectivity index (χ0v) is 10.7. The Balaban J connectivity index is 3.20. The minimum Gasteiger partial charge on any atom is -0.122 e. The molecule has 0 aliphatic heterocycles. The molecule has 0 spiro atoms. The molecule has 12 heavy (non-hydrogen) atoms. The fourth-order valence-electron chi connectivity index (χ4n) is 0.943. The van der Waals surface area contributed by atoms with E-state index >= 15 is 0 Å². The Morgan fingerprint density at radius 1 is 1.33 bits per heavy atom. The Hall–Kier alpha value is 0.760. The molecule has 1 aromatic rings. The second-order valence-corrected chi connectivity index (χ2v) is 5.98. The summed E-state index contributed by atoms with van der Waals surface area (Å²) < 4.78 is 0.0625. The predicted octanol–water partition coefficient (Wildman–Crippen LogP) is 4.87. The minimum atomic E-state index is 0.0625. The van der Waals surface area contributed by atoms with Crippen molar-refractivity contribution in [3.05, 3.63) is 34.3 Å². The molecule has 1 aromatic carbocycles. The van der Waals surface area contributed by atoms with Crippen LogP contribution in [0.2, 0.25) is 5.02 Å². The molecule has 0 bridgehead atoms. The van der Waals surface area contributed by atoms with Crippen LogP contribution >= 0.6 is 55.1 Å². The van der Waals surface area contributed by atoms with Crippen LogP contribution in [0.4, 0.5) is 0 Å². The third-order valence-electron chi connectivity index (χ3n) is 1.51. The van der Waals surface area contributed by atoms with E-state index in [-0.39, 0.29) is 3.74 Å². The van der Waals surface area contributed by atoms with Crippen LogP contribution in [0.15, 0.2) is 18.2 Å². The highest BCUT2D eigenvalue weighted by atomic mass is 79.9. The summed E-state index contributed by atoms with van der Waals surface area (Å²) in [5.74, 6) is 0.476. The van der Waals surface area contributed by atoms with Gasteiger partial charge in [0.1, 0.15) is 0 Å². The van der Waals surface area contributed by atoms with E-state index in [1.165, 1.54) is 0 Å². The third-order valence-corrected chi connectivity index (χ3v) is 3.04. The van der Waals surface area contributed by atoms with Crippen LogP contribution < -0.4 is 0 Å². The van der Waals surface area contributed by atoms with Crippen molar-refractivity contribution in [3.63, 3.8) is 0 Å². The summed E-state index contributed by atoms with van der Waals surface area (Å²) in [5.41, 5.74) is 2.05. The van der Waals surface area contributed by atoms with Gasteiger partial charge in [-0.2, -0.15) is 0 Å². The molecule has 0 heterocycles. The molecule has 0 aliphatic carbocycles. The molecule has 4 heteroatoms. The Labute approximate surface area is 98.5 Å². The topological polar surface area (TPSA) is 0 Å². The average Bonchev–Trinajstić information content (AvgIpc) is 2.03. The van der Waals surface area contributed by atoms with Crippen molar-refractivity contribution >= 4 is 55.1 Å². The number of hydrogen-bond donors (Lipinski definition) is 0. The van der Waals surface area contributed by atoms with Gasteiger partial charge in [-0.1, -0.05) is 55.6 Å². The summed E-state index contributed by atoms with van der Waals surface area (Å²) in [6.07, 6.45) is 0. The first kappa shape index (κ1) is 10.8. The standard InChI is InChI=1S/C8H6Br2Cl2/c9-8(10)7-5(4-11)2-1-3-6(7)12/h1-3,8H,4H2. The molecule has 0 aliphatic rings. The zero-order valence-electron chi connectivity index (χ0n) is 6.03. The third kappa shape index (κ3) is 2.38. The van der Waals surface area contributed by atoms with Gasteiger partial charge >= 0.3 is 0 Å². The lowest BCUT2D eigenvalue weighted by Crippen LogP contribution is -1.90. The summed E-state index contributed by atoms with van der Waals surface area (Å²) in [4.78, 5) is 0. The average molecular weight is 333 g/mol. The summed E-state index contributed by atoms with van der Waals surface area (Å²) in [5, 5.41) is 0.729. The SMILES string of the molecule is ClCc1cccc(Cl)c1C(Br)Br. The highest BCUT2D eigenvalue weighted by Gasteiger charge is 2.11. The Kier molecular flexibility index (Phi) is 4.38. The molecular weight excluding hydrogens is 327 g/mol. The maximum atomic E-state index is 5.98. The first-order valence-electron chi connectivity index (χ1n) is 3.28. The van der Waals surface area contributed by atoms with Gasteiger partial charge in [-0.25, -0.2) is 0 Å². The normalized spacial score (nSPS) is 10.8. The number of hydrogen-bond acceptors (Lipinski definition) is 0. The monoisotopic (exact) mass is 330 g/mol. The van der Waals surface area contributed by atoms with E-state index in [0.717, 1.165) is 16.1 Å². The van der Waals surface area contributed by atoms with E-state index in [4.69, 9.17) is 23.2 Å². The molecule has 0 saturated heterocycles. The van der Waals surface area contributed by atoms with Crippen LogP contribution in [-0.2, 0) is 5.88 Å². The van der Waals surface area contributed by atoms with E-state index in [2.05, 4.69) is 31.9 Å².